The van der Waals surface area contributed by atoms with Gasteiger partial charge >= 0.3 is 11.9 Å². The van der Waals surface area contributed by atoms with Gasteiger partial charge in [0.25, 0.3) is 5.69 Å². The number of carbonyl (C=O) groups is 2. The Balaban J connectivity index is 0.000000211. The van der Waals surface area contributed by atoms with E-state index in [0.717, 1.165) is 24.5 Å². The van der Waals surface area contributed by atoms with E-state index in [0.29, 0.717) is 11.4 Å². The molecule has 0 saturated heterocycles. The van der Waals surface area contributed by atoms with Crippen LogP contribution in [-0.4, -0.2) is 63.2 Å². The summed E-state index contributed by atoms with van der Waals surface area (Å²) in [4.78, 5) is 42.8. The molecule has 0 saturated carbocycles. The molecule has 46 heavy (non-hydrogen) atoms. The molecule has 12 heteroatoms. The van der Waals surface area contributed by atoms with Crippen molar-refractivity contribution in [3.63, 3.8) is 0 Å². The highest BCUT2D eigenvalue weighted by Gasteiger charge is 2.40. The molecule has 242 valence electrons. The van der Waals surface area contributed by atoms with E-state index in [9.17, 15) is 19.7 Å². The number of benzene rings is 3. The van der Waals surface area contributed by atoms with Gasteiger partial charge < -0.3 is 24.6 Å². The van der Waals surface area contributed by atoms with Crippen LogP contribution in [0.5, 0.6) is 0 Å². The van der Waals surface area contributed by atoms with Gasteiger partial charge in [-0.2, -0.15) is 0 Å². The largest absolute Gasteiger partial charge is 0.466 e. The minimum absolute atomic E-state index is 0.128. The van der Waals surface area contributed by atoms with Crippen LogP contribution < -0.4 is 10.2 Å². The molecule has 2 aliphatic rings. The van der Waals surface area contributed by atoms with Gasteiger partial charge in [-0.15, -0.1) is 0 Å². The van der Waals surface area contributed by atoms with Crippen molar-refractivity contribution in [3.8, 4) is 0 Å². The lowest BCUT2D eigenvalue weighted by Crippen LogP contribution is -2.32. The zero-order valence-electron chi connectivity index (χ0n) is 26.6. The van der Waals surface area contributed by atoms with Crippen LogP contribution in [0.4, 0.5) is 17.1 Å². The van der Waals surface area contributed by atoms with E-state index in [1.807, 2.05) is 17.8 Å². The fourth-order valence-corrected chi connectivity index (χ4v) is 6.79. The highest BCUT2D eigenvalue weighted by molar-refractivity contribution is 7.99. The average Bonchev–Trinajstić information content (AvgIpc) is 3.03. The van der Waals surface area contributed by atoms with Crippen LogP contribution in [0.2, 0.25) is 5.02 Å². The molecule has 0 radical (unpaired) electrons. The van der Waals surface area contributed by atoms with Crippen molar-refractivity contribution < 1.29 is 24.0 Å². The number of hydrogen-bond donors (Lipinski definition) is 1. The molecule has 0 aromatic heterocycles. The third-order valence-corrected chi connectivity index (χ3v) is 8.96. The predicted molar refractivity (Wildman–Crippen MR) is 181 cm³/mol. The second-order valence-corrected chi connectivity index (χ2v) is 12.4. The van der Waals surface area contributed by atoms with E-state index < -0.39 is 22.8 Å². The quantitative estimate of drug-likeness (QED) is 0.152. The number of carbonyl (C=O) groups excluding carboxylic acids is 2. The van der Waals surface area contributed by atoms with Crippen molar-refractivity contribution in [1.29, 1.82) is 0 Å². The van der Waals surface area contributed by atoms with Crippen LogP contribution >= 0.6 is 23.4 Å². The van der Waals surface area contributed by atoms with Crippen molar-refractivity contribution in [2.45, 2.75) is 36.0 Å². The average molecular weight is 665 g/mol. The number of methoxy groups -OCH3 is 2. The maximum absolute atomic E-state index is 12.3. The Morgan fingerprint density at radius 3 is 2.13 bits per heavy atom. The summed E-state index contributed by atoms with van der Waals surface area (Å²) in [6, 6.07) is 20.7. The van der Waals surface area contributed by atoms with Gasteiger partial charge in [-0.1, -0.05) is 53.7 Å². The van der Waals surface area contributed by atoms with Gasteiger partial charge in [0.15, 0.2) is 0 Å². The summed E-state index contributed by atoms with van der Waals surface area (Å²) in [6.45, 7) is 5.38. The summed E-state index contributed by atoms with van der Waals surface area (Å²) in [5.74, 6) is -2.33. The zero-order chi connectivity index (χ0) is 33.5. The molecule has 0 spiro atoms. The highest BCUT2D eigenvalue weighted by atomic mass is 35.5. The summed E-state index contributed by atoms with van der Waals surface area (Å²) in [6.07, 6.45) is 1.12. The van der Waals surface area contributed by atoms with Crippen molar-refractivity contribution in [2.24, 2.45) is 0 Å². The van der Waals surface area contributed by atoms with Gasteiger partial charge in [0.1, 0.15) is 0 Å². The standard InChI is InChI=1S/C17H19ClN2S.C17H18N2O6/c1-19(2)10-5-11-20-14-6-3-4-7-16(14)21-17-9-8-13(18)12-15(17)20;1-9-13(16(20)24-3)15(14(10(2)18-9)17(21)25-4)11-7-5-6-8-12(11)19(22)23/h3-4,6-9,12H,5,10-11H2,1-2H3;5-8,15,18H,1-4H3. The Morgan fingerprint density at radius 2 is 1.52 bits per heavy atom. The van der Waals surface area contributed by atoms with Crippen molar-refractivity contribution >= 4 is 52.4 Å². The number of esters is 2. The zero-order valence-corrected chi connectivity index (χ0v) is 28.2. The highest BCUT2D eigenvalue weighted by Crippen LogP contribution is 2.48. The van der Waals surface area contributed by atoms with E-state index in [1.165, 1.54) is 53.6 Å². The monoisotopic (exact) mass is 664 g/mol. The number of allylic oxidation sites excluding steroid dienone is 2. The number of nitro groups is 1. The van der Waals surface area contributed by atoms with Crippen molar-refractivity contribution in [3.05, 3.63) is 110 Å². The van der Waals surface area contributed by atoms with E-state index in [2.05, 4.69) is 65.6 Å². The molecule has 0 aliphatic carbocycles. The fraction of sp³-hybridized carbons (Fsp3) is 0.294. The number of fused-ring (bicyclic) bond motifs is 2. The number of nitrogens with zero attached hydrogens (tertiary/aromatic N) is 3. The number of nitrogens with one attached hydrogen (secondary N) is 1. The first-order valence-corrected chi connectivity index (χ1v) is 15.7. The topological polar surface area (TPSA) is 114 Å². The molecule has 0 bridgehead atoms. The van der Waals surface area contributed by atoms with Crippen LogP contribution in [0.3, 0.4) is 0 Å². The lowest BCUT2D eigenvalue weighted by atomic mass is 9.79. The number of halogens is 1. The number of dihydropyridines is 1. The van der Waals surface area contributed by atoms with E-state index >= 15 is 0 Å². The molecule has 1 N–H and O–H groups in total. The summed E-state index contributed by atoms with van der Waals surface area (Å²) in [7, 11) is 6.65. The lowest BCUT2D eigenvalue weighted by Gasteiger charge is -2.33. The Labute approximate surface area is 278 Å². The number of anilines is 2. The Kier molecular flexibility index (Phi) is 11.5. The second kappa shape index (κ2) is 15.3. The van der Waals surface area contributed by atoms with E-state index in [-0.39, 0.29) is 22.4 Å². The first kappa shape index (κ1) is 34.6. The maximum Gasteiger partial charge on any atom is 0.336 e. The lowest BCUT2D eigenvalue weighted by molar-refractivity contribution is -0.385. The van der Waals surface area contributed by atoms with Gasteiger partial charge in [-0.25, -0.2) is 9.59 Å². The molecule has 0 fully saturated rings. The molecule has 3 aromatic carbocycles. The number of ether oxygens (including phenoxy) is 2. The Morgan fingerprint density at radius 1 is 0.935 bits per heavy atom. The number of rotatable bonds is 8. The molecule has 0 unspecified atom stereocenters. The molecule has 5 rings (SSSR count). The number of nitro benzene ring substituents is 1. The maximum atomic E-state index is 12.3. The normalized spacial score (nSPS) is 14.1. The number of hydrogen-bond acceptors (Lipinski definition) is 10. The molecular weight excluding hydrogens is 628 g/mol. The summed E-state index contributed by atoms with van der Waals surface area (Å²) in [5, 5.41) is 15.2. The minimum Gasteiger partial charge on any atom is -0.466 e. The molecule has 3 aromatic rings. The van der Waals surface area contributed by atoms with Gasteiger partial charge in [0.05, 0.1) is 47.6 Å². The van der Waals surface area contributed by atoms with Gasteiger partial charge in [0, 0.05) is 44.4 Å². The van der Waals surface area contributed by atoms with Crippen molar-refractivity contribution in [1.82, 2.24) is 10.2 Å². The number of para-hydroxylation sites is 2. The molecule has 0 amide bonds. The molecular formula is C34H37ClN4O6S. The predicted octanol–water partition coefficient (Wildman–Crippen LogP) is 7.07. The fourth-order valence-electron chi connectivity index (χ4n) is 5.55. The smallest absolute Gasteiger partial charge is 0.336 e. The van der Waals surface area contributed by atoms with Crippen LogP contribution in [0, 0.1) is 10.1 Å². The second-order valence-electron chi connectivity index (χ2n) is 10.9. The van der Waals surface area contributed by atoms with E-state index in [4.69, 9.17) is 21.1 Å². The minimum atomic E-state index is -0.970. The molecule has 2 heterocycles. The van der Waals surface area contributed by atoms with Crippen molar-refractivity contribution in [2.75, 3.05) is 46.3 Å². The molecule has 10 nitrogen and oxygen atoms in total. The van der Waals surface area contributed by atoms with Crippen LogP contribution in [-0.2, 0) is 19.1 Å². The van der Waals surface area contributed by atoms with Crippen LogP contribution in [0.15, 0.2) is 99.1 Å². The van der Waals surface area contributed by atoms with Gasteiger partial charge in [-0.05, 0) is 71.2 Å². The molecule has 0 atom stereocenters. The van der Waals surface area contributed by atoms with Gasteiger partial charge in [0.2, 0.25) is 0 Å². The van der Waals surface area contributed by atoms with Crippen LogP contribution in [0.1, 0.15) is 31.7 Å². The Bertz CT molecular complexity index is 1670. The van der Waals surface area contributed by atoms with Gasteiger partial charge in [-0.3, -0.25) is 10.1 Å². The summed E-state index contributed by atoms with van der Waals surface area (Å²) in [5.41, 5.74) is 3.71. The summed E-state index contributed by atoms with van der Waals surface area (Å²) < 4.78 is 9.66. The Hall–Kier alpha value is -4.32. The summed E-state index contributed by atoms with van der Waals surface area (Å²) >= 11 is 8.03. The molecule has 2 aliphatic heterocycles. The van der Waals surface area contributed by atoms with E-state index in [1.54, 1.807) is 19.9 Å². The third kappa shape index (κ3) is 7.55. The SMILES string of the molecule is CN(C)CCCN1c2ccccc2Sc2ccc(Cl)cc21.COC(=O)C1=C(C)NC(C)=C(C(=O)OC)C1c1ccccc1[N+](=O)[O-]. The first-order chi connectivity index (χ1) is 22.0. The third-order valence-electron chi connectivity index (χ3n) is 7.59. The van der Waals surface area contributed by atoms with Crippen LogP contribution in [0.25, 0.3) is 0 Å². The first-order valence-electron chi connectivity index (χ1n) is 14.6.